The SMILES string of the molecule is Cc1c2sc(Br)c(Cl)c2c(C)c2sc(Br)c(Cl)c12. The Morgan fingerprint density at radius 3 is 1.44 bits per heavy atom. The molecule has 0 radical (unpaired) electrons. The summed E-state index contributed by atoms with van der Waals surface area (Å²) in [6, 6.07) is 0. The van der Waals surface area contributed by atoms with E-state index >= 15 is 0 Å². The van der Waals surface area contributed by atoms with Gasteiger partial charge in [-0.2, -0.15) is 0 Å². The van der Waals surface area contributed by atoms with Gasteiger partial charge in [-0.05, 0) is 56.8 Å². The summed E-state index contributed by atoms with van der Waals surface area (Å²) in [5.74, 6) is 0. The molecule has 2 aromatic heterocycles. The lowest BCUT2D eigenvalue weighted by molar-refractivity contribution is 1.58. The van der Waals surface area contributed by atoms with Gasteiger partial charge in [-0.1, -0.05) is 23.2 Å². The molecule has 0 N–H and O–H groups in total. The van der Waals surface area contributed by atoms with E-state index in [0.29, 0.717) is 0 Å². The number of fused-ring (bicyclic) bond motifs is 2. The van der Waals surface area contributed by atoms with Gasteiger partial charge in [0.1, 0.15) is 0 Å². The molecule has 0 fully saturated rings. The Balaban J connectivity index is 2.69. The molecular formula is C12H6Br2Cl2S2. The fourth-order valence-corrected chi connectivity index (χ4v) is 6.34. The molecule has 0 aliphatic rings. The van der Waals surface area contributed by atoms with Crippen molar-refractivity contribution in [3.8, 4) is 0 Å². The Kier molecular flexibility index (Phi) is 3.49. The van der Waals surface area contributed by atoms with Crippen LogP contribution < -0.4 is 0 Å². The van der Waals surface area contributed by atoms with Crippen LogP contribution in [-0.4, -0.2) is 0 Å². The molecule has 0 aliphatic heterocycles. The summed E-state index contributed by atoms with van der Waals surface area (Å²) < 4.78 is 4.39. The van der Waals surface area contributed by atoms with Crippen LogP contribution in [0.4, 0.5) is 0 Å². The number of thiophene rings is 2. The highest BCUT2D eigenvalue weighted by Crippen LogP contribution is 2.50. The number of aryl methyl sites for hydroxylation is 2. The van der Waals surface area contributed by atoms with Crippen LogP contribution in [-0.2, 0) is 0 Å². The topological polar surface area (TPSA) is 0 Å². The van der Waals surface area contributed by atoms with Crippen LogP contribution in [0.5, 0.6) is 0 Å². The average molecular weight is 445 g/mol. The molecule has 2 heterocycles. The normalized spacial score (nSPS) is 11.9. The highest BCUT2D eigenvalue weighted by molar-refractivity contribution is 9.11. The molecule has 0 unspecified atom stereocenters. The molecule has 3 rings (SSSR count). The van der Waals surface area contributed by atoms with E-state index in [4.69, 9.17) is 23.2 Å². The zero-order chi connectivity index (χ0) is 13.2. The van der Waals surface area contributed by atoms with Crippen molar-refractivity contribution in [2.45, 2.75) is 13.8 Å². The average Bonchev–Trinajstić information content (AvgIpc) is 2.78. The Labute approximate surface area is 139 Å². The predicted octanol–water partition coefficient (Wildman–Crippen LogP) is 7.56. The van der Waals surface area contributed by atoms with Gasteiger partial charge < -0.3 is 0 Å². The second-order valence-corrected chi connectivity index (χ2v) is 9.47. The van der Waals surface area contributed by atoms with Gasteiger partial charge in [0, 0.05) is 20.2 Å². The number of halogens is 4. The van der Waals surface area contributed by atoms with E-state index in [0.717, 1.165) is 28.4 Å². The first-order chi connectivity index (χ1) is 8.43. The van der Waals surface area contributed by atoms with Crippen LogP contribution in [0.3, 0.4) is 0 Å². The lowest BCUT2D eigenvalue weighted by atomic mass is 10.0. The highest BCUT2D eigenvalue weighted by Gasteiger charge is 2.20. The van der Waals surface area contributed by atoms with Gasteiger partial charge in [0.2, 0.25) is 0 Å². The predicted molar refractivity (Wildman–Crippen MR) is 92.1 cm³/mol. The number of hydrogen-bond donors (Lipinski definition) is 0. The largest absolute Gasteiger partial charge is 0.126 e. The maximum atomic E-state index is 6.39. The van der Waals surface area contributed by atoms with Crippen LogP contribution in [0.2, 0.25) is 10.0 Å². The zero-order valence-electron chi connectivity index (χ0n) is 9.33. The molecule has 0 nitrogen and oxygen atoms in total. The van der Waals surface area contributed by atoms with Crippen LogP contribution in [0, 0.1) is 13.8 Å². The smallest absolute Gasteiger partial charge is 0.0897 e. The minimum absolute atomic E-state index is 0.804. The van der Waals surface area contributed by atoms with Crippen molar-refractivity contribution in [2.75, 3.05) is 0 Å². The number of rotatable bonds is 0. The minimum Gasteiger partial charge on any atom is -0.126 e. The first-order valence-corrected chi connectivity index (χ1v) is 9.05. The maximum absolute atomic E-state index is 6.39. The van der Waals surface area contributed by atoms with Gasteiger partial charge in [0.15, 0.2) is 0 Å². The number of hydrogen-bond acceptors (Lipinski definition) is 2. The molecule has 0 saturated carbocycles. The van der Waals surface area contributed by atoms with Crippen LogP contribution >= 0.6 is 77.7 Å². The third-order valence-electron chi connectivity index (χ3n) is 3.05. The summed E-state index contributed by atoms with van der Waals surface area (Å²) in [4.78, 5) is 0. The van der Waals surface area contributed by atoms with E-state index in [2.05, 4.69) is 45.7 Å². The van der Waals surface area contributed by atoms with E-state index in [-0.39, 0.29) is 0 Å². The molecule has 0 atom stereocenters. The summed E-state index contributed by atoms with van der Waals surface area (Å²) in [5, 5.41) is 3.89. The molecule has 0 spiro atoms. The van der Waals surface area contributed by atoms with Crippen molar-refractivity contribution in [1.29, 1.82) is 0 Å². The molecule has 0 saturated heterocycles. The van der Waals surface area contributed by atoms with Gasteiger partial charge in [0.05, 0.1) is 17.6 Å². The molecular weight excluding hydrogens is 439 g/mol. The van der Waals surface area contributed by atoms with E-state index < -0.39 is 0 Å². The van der Waals surface area contributed by atoms with Crippen molar-refractivity contribution >= 4 is 97.9 Å². The zero-order valence-corrected chi connectivity index (χ0v) is 15.6. The summed E-state index contributed by atoms with van der Waals surface area (Å²) in [6.07, 6.45) is 0. The third-order valence-corrected chi connectivity index (χ3v) is 8.45. The molecule has 0 amide bonds. The van der Waals surface area contributed by atoms with Gasteiger partial charge in [-0.25, -0.2) is 0 Å². The van der Waals surface area contributed by atoms with Gasteiger partial charge in [0.25, 0.3) is 0 Å². The lowest BCUT2D eigenvalue weighted by Gasteiger charge is -2.05. The van der Waals surface area contributed by atoms with E-state index in [1.807, 2.05) is 0 Å². The van der Waals surface area contributed by atoms with E-state index in [1.165, 1.54) is 20.5 Å². The molecule has 6 heteroatoms. The van der Waals surface area contributed by atoms with E-state index in [1.54, 1.807) is 22.7 Å². The molecule has 0 aliphatic carbocycles. The number of benzene rings is 1. The molecule has 1 aromatic carbocycles. The second kappa shape index (κ2) is 4.61. The van der Waals surface area contributed by atoms with Crippen LogP contribution in [0.15, 0.2) is 7.57 Å². The van der Waals surface area contributed by atoms with Gasteiger partial charge >= 0.3 is 0 Å². The summed E-state index contributed by atoms with van der Waals surface area (Å²) >= 11 is 23.2. The van der Waals surface area contributed by atoms with Gasteiger partial charge in [-0.3, -0.25) is 0 Å². The molecule has 0 bridgehead atoms. The Hall–Kier alpha value is 0.680. The lowest BCUT2D eigenvalue weighted by Crippen LogP contribution is -1.81. The monoisotopic (exact) mass is 442 g/mol. The highest BCUT2D eigenvalue weighted by atomic mass is 79.9. The quantitative estimate of drug-likeness (QED) is 0.335. The summed E-state index contributed by atoms with van der Waals surface area (Å²) in [5.41, 5.74) is 2.41. The summed E-state index contributed by atoms with van der Waals surface area (Å²) in [7, 11) is 0. The first-order valence-electron chi connectivity index (χ1n) is 5.07. The standard InChI is InChI=1S/C12H6Br2Cl2S2/c1-3-5-7(15)11(13)18-10(5)4(2)6-8(16)12(14)17-9(3)6/h1-2H3. The molecule has 3 aromatic rings. The van der Waals surface area contributed by atoms with Crippen LogP contribution in [0.25, 0.3) is 20.2 Å². The molecule has 18 heavy (non-hydrogen) atoms. The Morgan fingerprint density at radius 2 is 1.11 bits per heavy atom. The minimum atomic E-state index is 0.804. The third kappa shape index (κ3) is 1.73. The second-order valence-electron chi connectivity index (χ2n) is 4.04. The summed E-state index contributed by atoms with van der Waals surface area (Å²) in [6.45, 7) is 4.21. The van der Waals surface area contributed by atoms with E-state index in [9.17, 15) is 0 Å². The van der Waals surface area contributed by atoms with Crippen LogP contribution in [0.1, 0.15) is 11.1 Å². The van der Waals surface area contributed by atoms with Crippen molar-refractivity contribution in [3.63, 3.8) is 0 Å². The maximum Gasteiger partial charge on any atom is 0.0897 e. The van der Waals surface area contributed by atoms with Crippen molar-refractivity contribution in [2.24, 2.45) is 0 Å². The Morgan fingerprint density at radius 1 is 0.778 bits per heavy atom. The van der Waals surface area contributed by atoms with Crippen molar-refractivity contribution in [1.82, 2.24) is 0 Å². The van der Waals surface area contributed by atoms with Gasteiger partial charge in [-0.15, -0.1) is 22.7 Å². The fourth-order valence-electron chi connectivity index (χ4n) is 2.19. The molecule has 94 valence electrons. The van der Waals surface area contributed by atoms with Crippen molar-refractivity contribution < 1.29 is 0 Å². The first kappa shape index (κ1) is 13.7. The fraction of sp³-hybridized carbons (Fsp3) is 0.167. The van der Waals surface area contributed by atoms with Crippen molar-refractivity contribution in [3.05, 3.63) is 28.7 Å². The Bertz CT molecular complexity index is 734.